The van der Waals surface area contributed by atoms with E-state index in [0.717, 1.165) is 0 Å². The molecule has 2 rings (SSSR count). The van der Waals surface area contributed by atoms with Crippen molar-refractivity contribution in [3.05, 3.63) is 0 Å². The van der Waals surface area contributed by atoms with Crippen molar-refractivity contribution in [3.8, 4) is 0 Å². The molecular weight excluding hydrogens is 202 g/mol. The summed E-state index contributed by atoms with van der Waals surface area (Å²) in [6, 6.07) is -0.928. The van der Waals surface area contributed by atoms with Gasteiger partial charge in [-0.1, -0.05) is 0 Å². The van der Waals surface area contributed by atoms with Crippen molar-refractivity contribution < 1.29 is 25.5 Å². The molecule has 15 heavy (non-hydrogen) atoms. The first-order chi connectivity index (χ1) is 7.06. The van der Waals surface area contributed by atoms with E-state index in [9.17, 15) is 20.4 Å². The van der Waals surface area contributed by atoms with Crippen LogP contribution in [0, 0.1) is 0 Å². The van der Waals surface area contributed by atoms with Gasteiger partial charge in [-0.2, -0.15) is 0 Å². The van der Waals surface area contributed by atoms with Crippen molar-refractivity contribution in [3.63, 3.8) is 0 Å². The van der Waals surface area contributed by atoms with Gasteiger partial charge in [0.2, 0.25) is 0 Å². The van der Waals surface area contributed by atoms with Crippen molar-refractivity contribution >= 4 is 0 Å². The molecule has 0 amide bonds. The summed E-state index contributed by atoms with van der Waals surface area (Å²) < 4.78 is 0. The minimum atomic E-state index is -1.02. The topological polar surface area (TPSA) is 104 Å². The second-order valence-corrected chi connectivity index (χ2v) is 4.37. The van der Waals surface area contributed by atoms with Gasteiger partial charge in [-0.25, -0.2) is 0 Å². The van der Waals surface area contributed by atoms with Gasteiger partial charge in [0.25, 0.3) is 0 Å². The second kappa shape index (κ2) is 3.97. The minimum absolute atomic E-state index is 0.172. The molecule has 2 aliphatic heterocycles. The van der Waals surface area contributed by atoms with Crippen LogP contribution in [0.2, 0.25) is 0 Å². The second-order valence-electron chi connectivity index (χ2n) is 4.37. The van der Waals surface area contributed by atoms with E-state index in [1.807, 2.05) is 0 Å². The Morgan fingerprint density at radius 2 is 1.67 bits per heavy atom. The maximum Gasteiger partial charge on any atom is 0.0991 e. The van der Waals surface area contributed by atoms with Crippen LogP contribution in [0.5, 0.6) is 0 Å². The lowest BCUT2D eigenvalue weighted by Gasteiger charge is -2.38. The first-order valence-electron chi connectivity index (χ1n) is 5.15. The Balaban J connectivity index is 2.16. The molecule has 88 valence electrons. The third kappa shape index (κ3) is 1.67. The summed E-state index contributed by atoms with van der Waals surface area (Å²) in [7, 11) is 0. The van der Waals surface area contributed by atoms with Crippen LogP contribution >= 0.6 is 0 Å². The predicted molar refractivity (Wildman–Crippen MR) is 50.0 cm³/mol. The van der Waals surface area contributed by atoms with E-state index in [1.54, 1.807) is 4.90 Å². The number of hydrogen-bond acceptors (Lipinski definition) is 6. The largest absolute Gasteiger partial charge is 0.395 e. The van der Waals surface area contributed by atoms with Crippen molar-refractivity contribution in [2.45, 2.75) is 42.9 Å². The number of hydrogen-bond donors (Lipinski definition) is 5. The maximum absolute atomic E-state index is 9.70. The summed E-state index contributed by atoms with van der Waals surface area (Å²) in [6.45, 7) is -0.0945. The van der Waals surface area contributed by atoms with Crippen LogP contribution in [-0.4, -0.2) is 80.1 Å². The van der Waals surface area contributed by atoms with Crippen LogP contribution in [-0.2, 0) is 0 Å². The van der Waals surface area contributed by atoms with Crippen LogP contribution in [0.4, 0.5) is 0 Å². The first kappa shape index (κ1) is 11.3. The van der Waals surface area contributed by atoms with E-state index < -0.39 is 30.5 Å². The molecule has 0 aromatic heterocycles. The highest BCUT2D eigenvalue weighted by molar-refractivity contribution is 5.05. The molecular formula is C9H17NO5. The average molecular weight is 219 g/mol. The van der Waals surface area contributed by atoms with Gasteiger partial charge in [-0.05, 0) is 6.42 Å². The maximum atomic E-state index is 9.70. The zero-order chi connectivity index (χ0) is 11.2. The normalized spacial score (nSPS) is 51.8. The number of nitrogens with zero attached hydrogens (tertiary/aromatic N) is 1. The van der Waals surface area contributed by atoms with Gasteiger partial charge < -0.3 is 25.5 Å². The lowest BCUT2D eigenvalue weighted by molar-refractivity contribution is -0.0747. The number of piperidine rings is 1. The standard InChI is InChI=1S/C9H17NO5/c11-3-5-9(15)8(14)4-1-6(12)7(13)2-10(4)5/h4-9,11-15H,1-3H2/t4-,5-,6-,7-,8-,9-/m1/s1. The molecule has 0 spiro atoms. The predicted octanol–water partition coefficient (Wildman–Crippen LogP) is -3.12. The lowest BCUT2D eigenvalue weighted by atomic mass is 9.96. The molecule has 5 N–H and O–H groups in total. The van der Waals surface area contributed by atoms with Gasteiger partial charge in [-0.15, -0.1) is 0 Å². The highest BCUT2D eigenvalue weighted by atomic mass is 16.3. The Labute approximate surface area is 87.4 Å². The van der Waals surface area contributed by atoms with Crippen LogP contribution in [0.1, 0.15) is 6.42 Å². The summed E-state index contributed by atoms with van der Waals surface area (Å²) in [5.41, 5.74) is 0. The Morgan fingerprint density at radius 1 is 1.00 bits per heavy atom. The molecule has 6 heteroatoms. The summed E-state index contributed by atoms with van der Waals surface area (Å²) in [4.78, 5) is 1.67. The molecule has 0 aromatic rings. The van der Waals surface area contributed by atoms with Gasteiger partial charge in [0.1, 0.15) is 0 Å². The SMILES string of the molecule is OC[C@@H]1[C@@H](O)[C@H](O)[C@H]2C[C@@H](O)[C@H](O)CN12. The van der Waals surface area contributed by atoms with Crippen LogP contribution in [0.25, 0.3) is 0 Å². The van der Waals surface area contributed by atoms with E-state index in [1.165, 1.54) is 0 Å². The molecule has 6 nitrogen and oxygen atoms in total. The fourth-order valence-electron chi connectivity index (χ4n) is 2.59. The summed E-state index contributed by atoms with van der Waals surface area (Å²) in [5.74, 6) is 0. The monoisotopic (exact) mass is 219 g/mol. The van der Waals surface area contributed by atoms with E-state index in [0.29, 0.717) is 0 Å². The fourth-order valence-corrected chi connectivity index (χ4v) is 2.59. The number of fused-ring (bicyclic) bond motifs is 1. The van der Waals surface area contributed by atoms with Gasteiger partial charge in [0.05, 0.1) is 37.1 Å². The lowest BCUT2D eigenvalue weighted by Crippen LogP contribution is -2.54. The van der Waals surface area contributed by atoms with Crippen LogP contribution in [0.3, 0.4) is 0 Å². The summed E-state index contributed by atoms with van der Waals surface area (Å²) in [6.07, 6.45) is -3.52. The van der Waals surface area contributed by atoms with Crippen molar-refractivity contribution in [1.29, 1.82) is 0 Å². The zero-order valence-corrected chi connectivity index (χ0v) is 8.27. The highest BCUT2D eigenvalue weighted by Gasteiger charge is 2.51. The van der Waals surface area contributed by atoms with E-state index in [-0.39, 0.29) is 25.6 Å². The smallest absolute Gasteiger partial charge is 0.0991 e. The summed E-state index contributed by atoms with van der Waals surface area (Å²) in [5, 5.41) is 47.4. The molecule has 0 aromatic carbocycles. The molecule has 2 heterocycles. The Morgan fingerprint density at radius 3 is 2.27 bits per heavy atom. The van der Waals surface area contributed by atoms with E-state index in [2.05, 4.69) is 0 Å². The quantitative estimate of drug-likeness (QED) is 0.319. The number of aliphatic hydroxyl groups is 5. The molecule has 0 bridgehead atoms. The summed E-state index contributed by atoms with van der Waals surface area (Å²) >= 11 is 0. The fraction of sp³-hybridized carbons (Fsp3) is 1.00. The molecule has 2 aliphatic rings. The minimum Gasteiger partial charge on any atom is -0.395 e. The van der Waals surface area contributed by atoms with Gasteiger partial charge in [0, 0.05) is 12.6 Å². The molecule has 0 aliphatic carbocycles. The number of aliphatic hydroxyl groups excluding tert-OH is 5. The van der Waals surface area contributed by atoms with Gasteiger partial charge >= 0.3 is 0 Å². The molecule has 2 fully saturated rings. The third-order valence-electron chi connectivity index (χ3n) is 3.50. The molecule has 0 radical (unpaired) electrons. The van der Waals surface area contributed by atoms with Crippen LogP contribution in [0.15, 0.2) is 0 Å². The Hall–Kier alpha value is -0.240. The third-order valence-corrected chi connectivity index (χ3v) is 3.50. The van der Waals surface area contributed by atoms with Crippen molar-refractivity contribution in [2.24, 2.45) is 0 Å². The van der Waals surface area contributed by atoms with E-state index in [4.69, 9.17) is 5.11 Å². The van der Waals surface area contributed by atoms with E-state index >= 15 is 0 Å². The average Bonchev–Trinajstić information content (AvgIpc) is 2.42. The Kier molecular flexibility index (Phi) is 2.98. The molecule has 6 atom stereocenters. The molecule has 0 saturated carbocycles. The zero-order valence-electron chi connectivity index (χ0n) is 8.27. The first-order valence-corrected chi connectivity index (χ1v) is 5.15. The highest BCUT2D eigenvalue weighted by Crippen LogP contribution is 2.32. The Bertz CT molecular complexity index is 239. The molecule has 2 saturated heterocycles. The van der Waals surface area contributed by atoms with Crippen LogP contribution < -0.4 is 0 Å². The molecule has 0 unspecified atom stereocenters. The van der Waals surface area contributed by atoms with Gasteiger partial charge in [-0.3, -0.25) is 4.90 Å². The number of rotatable bonds is 1. The van der Waals surface area contributed by atoms with Crippen molar-refractivity contribution in [1.82, 2.24) is 4.90 Å². The van der Waals surface area contributed by atoms with Crippen molar-refractivity contribution in [2.75, 3.05) is 13.2 Å². The van der Waals surface area contributed by atoms with Gasteiger partial charge in [0.15, 0.2) is 0 Å².